The van der Waals surface area contributed by atoms with Gasteiger partial charge in [-0.15, -0.1) is 12.4 Å². The Labute approximate surface area is 96.7 Å². The van der Waals surface area contributed by atoms with Gasteiger partial charge in [0.2, 0.25) is 0 Å². The number of rotatable bonds is 1. The molecule has 1 aliphatic heterocycles. The topological polar surface area (TPSA) is 35.8 Å². The normalized spacial score (nSPS) is 20.1. The molecule has 0 saturated carbocycles. The van der Waals surface area contributed by atoms with E-state index in [9.17, 15) is 0 Å². The number of piperidine rings is 1. The van der Waals surface area contributed by atoms with Crippen LogP contribution in [-0.4, -0.2) is 6.54 Å². The predicted octanol–water partition coefficient (Wildman–Crippen LogP) is 2.79. The quantitative estimate of drug-likeness (QED) is 0.793. The molecule has 1 atom stereocenters. The van der Waals surface area contributed by atoms with Crippen LogP contribution in [0, 0.1) is 11.3 Å². The molecule has 0 aliphatic carbocycles. The van der Waals surface area contributed by atoms with E-state index in [2.05, 4.69) is 17.5 Å². The van der Waals surface area contributed by atoms with E-state index < -0.39 is 0 Å². The van der Waals surface area contributed by atoms with Crippen molar-refractivity contribution in [3.8, 4) is 6.07 Å². The van der Waals surface area contributed by atoms with Gasteiger partial charge in [0.25, 0.3) is 0 Å². The Kier molecular flexibility index (Phi) is 4.61. The molecular formula is C12H15ClN2. The van der Waals surface area contributed by atoms with Crippen molar-refractivity contribution < 1.29 is 0 Å². The third kappa shape index (κ3) is 2.71. The number of nitrogens with zero attached hydrogens (tertiary/aromatic N) is 1. The first kappa shape index (κ1) is 12.0. The van der Waals surface area contributed by atoms with Gasteiger partial charge in [0.15, 0.2) is 0 Å². The first-order chi connectivity index (χ1) is 6.92. The van der Waals surface area contributed by atoms with Crippen molar-refractivity contribution in [1.29, 1.82) is 5.26 Å². The van der Waals surface area contributed by atoms with E-state index >= 15 is 0 Å². The van der Waals surface area contributed by atoms with Gasteiger partial charge in [0, 0.05) is 6.04 Å². The van der Waals surface area contributed by atoms with E-state index in [-0.39, 0.29) is 12.4 Å². The van der Waals surface area contributed by atoms with Gasteiger partial charge in [-0.2, -0.15) is 5.26 Å². The lowest BCUT2D eigenvalue weighted by atomic mass is 9.94. The minimum absolute atomic E-state index is 0. The Bertz CT molecular complexity index is 351. The molecule has 0 amide bonds. The summed E-state index contributed by atoms with van der Waals surface area (Å²) in [5, 5.41) is 12.4. The van der Waals surface area contributed by atoms with Crippen LogP contribution in [0.1, 0.15) is 36.4 Å². The number of hydrogen-bond donors (Lipinski definition) is 1. The summed E-state index contributed by atoms with van der Waals surface area (Å²) in [4.78, 5) is 0. The molecule has 0 spiro atoms. The molecule has 1 saturated heterocycles. The smallest absolute Gasteiger partial charge is 0.0995 e. The average molecular weight is 223 g/mol. The van der Waals surface area contributed by atoms with E-state index in [0.29, 0.717) is 6.04 Å². The standard InChI is InChI=1S/C12H14N2.ClH/c13-9-10-5-1-2-6-11(10)12-7-3-4-8-14-12;/h1-2,5-6,12,14H,3-4,7-8H2;1H. The van der Waals surface area contributed by atoms with Crippen molar-refractivity contribution in [2.75, 3.05) is 6.54 Å². The second kappa shape index (κ2) is 5.75. The van der Waals surface area contributed by atoms with E-state index in [0.717, 1.165) is 24.1 Å². The number of nitriles is 1. The summed E-state index contributed by atoms with van der Waals surface area (Å²) in [5.74, 6) is 0. The maximum absolute atomic E-state index is 8.97. The van der Waals surface area contributed by atoms with Gasteiger partial charge in [-0.05, 0) is 31.0 Å². The molecule has 1 aromatic rings. The molecule has 0 aromatic heterocycles. The number of hydrogen-bond acceptors (Lipinski definition) is 2. The largest absolute Gasteiger partial charge is 0.310 e. The van der Waals surface area contributed by atoms with Crippen LogP contribution in [0.4, 0.5) is 0 Å². The molecule has 1 heterocycles. The highest BCUT2D eigenvalue weighted by molar-refractivity contribution is 5.85. The van der Waals surface area contributed by atoms with Gasteiger partial charge in [0.05, 0.1) is 11.6 Å². The first-order valence-electron chi connectivity index (χ1n) is 5.14. The lowest BCUT2D eigenvalue weighted by molar-refractivity contribution is 0.412. The molecule has 1 aromatic carbocycles. The lowest BCUT2D eigenvalue weighted by Gasteiger charge is -2.24. The number of nitrogens with one attached hydrogen (secondary N) is 1. The van der Waals surface area contributed by atoms with E-state index in [4.69, 9.17) is 5.26 Å². The second-order valence-corrected chi connectivity index (χ2v) is 3.70. The Morgan fingerprint density at radius 2 is 2.07 bits per heavy atom. The van der Waals surface area contributed by atoms with Crippen LogP contribution in [0.2, 0.25) is 0 Å². The van der Waals surface area contributed by atoms with Crippen LogP contribution in [-0.2, 0) is 0 Å². The Hall–Kier alpha value is -1.04. The van der Waals surface area contributed by atoms with E-state index in [1.807, 2.05) is 18.2 Å². The zero-order chi connectivity index (χ0) is 9.80. The predicted molar refractivity (Wildman–Crippen MR) is 63.0 cm³/mol. The monoisotopic (exact) mass is 222 g/mol. The van der Waals surface area contributed by atoms with Crippen LogP contribution >= 0.6 is 12.4 Å². The van der Waals surface area contributed by atoms with E-state index in [1.54, 1.807) is 0 Å². The molecular weight excluding hydrogens is 208 g/mol. The van der Waals surface area contributed by atoms with Gasteiger partial charge in [-0.25, -0.2) is 0 Å². The van der Waals surface area contributed by atoms with Gasteiger partial charge in [-0.3, -0.25) is 0 Å². The van der Waals surface area contributed by atoms with Crippen molar-refractivity contribution in [3.05, 3.63) is 35.4 Å². The summed E-state index contributed by atoms with van der Waals surface area (Å²) >= 11 is 0. The van der Waals surface area contributed by atoms with E-state index in [1.165, 1.54) is 12.8 Å². The molecule has 3 heteroatoms. The number of halogens is 1. The summed E-state index contributed by atoms with van der Waals surface area (Å²) in [6.45, 7) is 1.07. The fourth-order valence-corrected chi connectivity index (χ4v) is 2.02. The Morgan fingerprint density at radius 3 is 2.73 bits per heavy atom. The van der Waals surface area contributed by atoms with Crippen molar-refractivity contribution in [2.24, 2.45) is 0 Å². The van der Waals surface area contributed by atoms with Crippen LogP contribution < -0.4 is 5.32 Å². The Balaban J connectivity index is 0.00000112. The SMILES string of the molecule is Cl.N#Cc1ccccc1C1CCCCN1. The van der Waals surface area contributed by atoms with Gasteiger partial charge in [0.1, 0.15) is 0 Å². The molecule has 80 valence electrons. The Morgan fingerprint density at radius 1 is 1.27 bits per heavy atom. The van der Waals surface area contributed by atoms with Crippen molar-refractivity contribution >= 4 is 12.4 Å². The maximum Gasteiger partial charge on any atom is 0.0995 e. The summed E-state index contributed by atoms with van der Waals surface area (Å²) in [7, 11) is 0. The molecule has 2 rings (SSSR count). The fraction of sp³-hybridized carbons (Fsp3) is 0.417. The minimum Gasteiger partial charge on any atom is -0.310 e. The van der Waals surface area contributed by atoms with Crippen LogP contribution in [0.15, 0.2) is 24.3 Å². The maximum atomic E-state index is 8.97. The zero-order valence-corrected chi connectivity index (χ0v) is 9.39. The molecule has 0 radical (unpaired) electrons. The van der Waals surface area contributed by atoms with Crippen LogP contribution in [0.5, 0.6) is 0 Å². The molecule has 1 N–H and O–H groups in total. The van der Waals surface area contributed by atoms with Gasteiger partial charge >= 0.3 is 0 Å². The lowest BCUT2D eigenvalue weighted by Crippen LogP contribution is -2.27. The number of benzene rings is 1. The summed E-state index contributed by atoms with van der Waals surface area (Å²) in [6.07, 6.45) is 3.67. The molecule has 0 bridgehead atoms. The van der Waals surface area contributed by atoms with Crippen molar-refractivity contribution in [3.63, 3.8) is 0 Å². The second-order valence-electron chi connectivity index (χ2n) is 3.70. The summed E-state index contributed by atoms with van der Waals surface area (Å²) in [5.41, 5.74) is 1.97. The highest BCUT2D eigenvalue weighted by atomic mass is 35.5. The van der Waals surface area contributed by atoms with Crippen molar-refractivity contribution in [2.45, 2.75) is 25.3 Å². The summed E-state index contributed by atoms with van der Waals surface area (Å²) in [6, 6.07) is 10.5. The third-order valence-corrected chi connectivity index (χ3v) is 2.77. The summed E-state index contributed by atoms with van der Waals surface area (Å²) < 4.78 is 0. The van der Waals surface area contributed by atoms with Crippen molar-refractivity contribution in [1.82, 2.24) is 5.32 Å². The fourth-order valence-electron chi connectivity index (χ4n) is 2.02. The molecule has 1 unspecified atom stereocenters. The first-order valence-corrected chi connectivity index (χ1v) is 5.14. The molecule has 1 aliphatic rings. The molecule has 2 nitrogen and oxygen atoms in total. The molecule has 15 heavy (non-hydrogen) atoms. The third-order valence-electron chi connectivity index (χ3n) is 2.77. The highest BCUT2D eigenvalue weighted by Crippen LogP contribution is 2.25. The van der Waals surface area contributed by atoms with Crippen LogP contribution in [0.3, 0.4) is 0 Å². The molecule has 1 fully saturated rings. The zero-order valence-electron chi connectivity index (χ0n) is 8.57. The van der Waals surface area contributed by atoms with Crippen LogP contribution in [0.25, 0.3) is 0 Å². The minimum atomic E-state index is 0. The highest BCUT2D eigenvalue weighted by Gasteiger charge is 2.16. The van der Waals surface area contributed by atoms with Gasteiger partial charge < -0.3 is 5.32 Å². The van der Waals surface area contributed by atoms with Gasteiger partial charge in [-0.1, -0.05) is 24.6 Å². The average Bonchev–Trinajstić information content (AvgIpc) is 2.30.